The van der Waals surface area contributed by atoms with Crippen LogP contribution in [0.2, 0.25) is 0 Å². The minimum absolute atomic E-state index is 0.120. The van der Waals surface area contributed by atoms with Gasteiger partial charge in [-0.3, -0.25) is 4.79 Å². The molecule has 0 unspecified atom stereocenters. The highest BCUT2D eigenvalue weighted by Crippen LogP contribution is 2.10. The predicted octanol–water partition coefficient (Wildman–Crippen LogP) is 4.56. The Morgan fingerprint density at radius 3 is 1.68 bits per heavy atom. The van der Waals surface area contributed by atoms with Crippen molar-refractivity contribution in [2.75, 3.05) is 79.2 Å². The van der Waals surface area contributed by atoms with Gasteiger partial charge in [0.25, 0.3) is 0 Å². The second-order valence-electron chi connectivity index (χ2n) is 11.4. The van der Waals surface area contributed by atoms with Crippen molar-refractivity contribution in [1.82, 2.24) is 10.2 Å². The highest BCUT2D eigenvalue weighted by atomic mass is 16.6. The van der Waals surface area contributed by atoms with Gasteiger partial charge >= 0.3 is 6.09 Å². The molecule has 10 heteroatoms. The molecule has 0 radical (unpaired) electrons. The number of carbonyl (C=O) groups excluding carboxylic acids is 2. The van der Waals surface area contributed by atoms with Crippen molar-refractivity contribution in [2.24, 2.45) is 0 Å². The summed E-state index contributed by atoms with van der Waals surface area (Å²) in [5.41, 5.74) is 3.15. The average Bonchev–Trinajstić information content (AvgIpc) is 2.99. The molecule has 1 N–H and O–H groups in total. The molecule has 10 nitrogen and oxygen atoms in total. The fourth-order valence-electron chi connectivity index (χ4n) is 3.95. The van der Waals surface area contributed by atoms with E-state index in [1.54, 1.807) is 0 Å². The Morgan fingerprint density at radius 1 is 0.659 bits per heavy atom. The standard InChI is InChI=1S/C34H52N2O8/c1-29-10-12-30(13-11-29)14-15-32(37)36(28-31-8-6-5-7-9-31)16-17-39-18-19-40-20-21-41-22-23-42-24-25-43-26-27-44-33(38)35-34(2,3)4/h5-13H,14-28H2,1-4H3,(H,35,38). The van der Waals surface area contributed by atoms with Crippen molar-refractivity contribution in [3.05, 3.63) is 71.3 Å². The zero-order chi connectivity index (χ0) is 31.9. The van der Waals surface area contributed by atoms with Gasteiger partial charge in [0.2, 0.25) is 5.91 Å². The molecule has 0 saturated carbocycles. The summed E-state index contributed by atoms with van der Waals surface area (Å²) in [7, 11) is 0. The van der Waals surface area contributed by atoms with Gasteiger partial charge in [-0.2, -0.15) is 0 Å². The molecule has 0 aliphatic heterocycles. The average molecular weight is 617 g/mol. The van der Waals surface area contributed by atoms with Crippen LogP contribution in [0.4, 0.5) is 4.79 Å². The Morgan fingerprint density at radius 2 is 1.16 bits per heavy atom. The zero-order valence-electron chi connectivity index (χ0n) is 27.0. The number of benzene rings is 2. The van der Waals surface area contributed by atoms with Crippen LogP contribution in [0.15, 0.2) is 54.6 Å². The van der Waals surface area contributed by atoms with Crippen LogP contribution >= 0.6 is 0 Å². The van der Waals surface area contributed by atoms with E-state index in [0.29, 0.717) is 85.6 Å². The second kappa shape index (κ2) is 22.5. The van der Waals surface area contributed by atoms with Crippen molar-refractivity contribution in [2.45, 2.75) is 52.6 Å². The van der Waals surface area contributed by atoms with E-state index in [2.05, 4.69) is 36.5 Å². The zero-order valence-corrected chi connectivity index (χ0v) is 27.0. The lowest BCUT2D eigenvalue weighted by molar-refractivity contribution is -0.132. The molecule has 0 heterocycles. The normalized spacial score (nSPS) is 11.4. The first kappa shape index (κ1) is 37.2. The SMILES string of the molecule is Cc1ccc(CCC(=O)N(CCOCCOCCOCCOCCOCCOC(=O)NC(C)(C)C)Cc2ccccc2)cc1. The van der Waals surface area contributed by atoms with Crippen LogP contribution in [0.3, 0.4) is 0 Å². The molecule has 0 fully saturated rings. The van der Waals surface area contributed by atoms with Crippen molar-refractivity contribution in [1.29, 1.82) is 0 Å². The highest BCUT2D eigenvalue weighted by Gasteiger charge is 2.15. The van der Waals surface area contributed by atoms with E-state index >= 15 is 0 Å². The number of aryl methyl sites for hydroxylation is 2. The van der Waals surface area contributed by atoms with Gasteiger partial charge in [0.1, 0.15) is 6.61 Å². The van der Waals surface area contributed by atoms with Gasteiger partial charge in [0.15, 0.2) is 0 Å². The lowest BCUT2D eigenvalue weighted by atomic mass is 10.1. The van der Waals surface area contributed by atoms with Gasteiger partial charge in [-0.1, -0.05) is 60.2 Å². The number of rotatable bonds is 23. The Kier molecular flexibility index (Phi) is 19.0. The van der Waals surface area contributed by atoms with E-state index in [9.17, 15) is 9.59 Å². The Hall–Kier alpha value is -3.02. The summed E-state index contributed by atoms with van der Waals surface area (Å²) >= 11 is 0. The first-order valence-electron chi connectivity index (χ1n) is 15.4. The third kappa shape index (κ3) is 19.3. The summed E-state index contributed by atoms with van der Waals surface area (Å²) in [5, 5.41) is 2.71. The van der Waals surface area contributed by atoms with Crippen LogP contribution < -0.4 is 5.32 Å². The molecule has 0 aromatic heterocycles. The Bertz CT molecular complexity index is 1030. The molecule has 0 saturated heterocycles. The number of carbonyl (C=O) groups is 2. The molecular weight excluding hydrogens is 564 g/mol. The fraction of sp³-hybridized carbons (Fsp3) is 0.588. The number of hydrogen-bond donors (Lipinski definition) is 1. The van der Waals surface area contributed by atoms with E-state index < -0.39 is 6.09 Å². The summed E-state index contributed by atoms with van der Waals surface area (Å²) in [6, 6.07) is 18.4. The van der Waals surface area contributed by atoms with Crippen molar-refractivity contribution in [3.8, 4) is 0 Å². The van der Waals surface area contributed by atoms with Crippen LogP contribution in [0, 0.1) is 6.92 Å². The van der Waals surface area contributed by atoms with E-state index in [1.807, 2.05) is 56.0 Å². The van der Waals surface area contributed by atoms with Gasteiger partial charge in [0.05, 0.1) is 66.1 Å². The third-order valence-electron chi connectivity index (χ3n) is 6.25. The van der Waals surface area contributed by atoms with Crippen molar-refractivity contribution >= 4 is 12.0 Å². The van der Waals surface area contributed by atoms with Crippen LogP contribution in [0.25, 0.3) is 0 Å². The summed E-state index contributed by atoms with van der Waals surface area (Å²) in [5.74, 6) is 0.120. The summed E-state index contributed by atoms with van der Waals surface area (Å²) in [4.78, 5) is 26.4. The quantitative estimate of drug-likeness (QED) is 0.181. The molecule has 2 amide bonds. The minimum atomic E-state index is -0.453. The van der Waals surface area contributed by atoms with E-state index in [1.165, 1.54) is 11.1 Å². The highest BCUT2D eigenvalue weighted by molar-refractivity contribution is 5.76. The van der Waals surface area contributed by atoms with Gasteiger partial charge in [-0.05, 0) is 45.2 Å². The number of nitrogens with zero attached hydrogens (tertiary/aromatic N) is 1. The van der Waals surface area contributed by atoms with Crippen molar-refractivity contribution < 1.29 is 38.0 Å². The molecule has 0 aliphatic rings. The Balaban J connectivity index is 1.44. The van der Waals surface area contributed by atoms with E-state index in [0.717, 1.165) is 12.0 Å². The first-order chi connectivity index (χ1) is 21.2. The maximum Gasteiger partial charge on any atom is 0.407 e. The van der Waals surface area contributed by atoms with Crippen LogP contribution in [0.5, 0.6) is 0 Å². The lowest BCUT2D eigenvalue weighted by Gasteiger charge is -2.23. The molecular formula is C34H52N2O8. The third-order valence-corrected chi connectivity index (χ3v) is 6.25. The fourth-order valence-corrected chi connectivity index (χ4v) is 3.95. The van der Waals surface area contributed by atoms with Crippen molar-refractivity contribution in [3.63, 3.8) is 0 Å². The predicted molar refractivity (Wildman–Crippen MR) is 170 cm³/mol. The summed E-state index contributed by atoms with van der Waals surface area (Å²) in [6.45, 7) is 13.4. The monoisotopic (exact) mass is 616 g/mol. The minimum Gasteiger partial charge on any atom is -0.447 e. The van der Waals surface area contributed by atoms with Crippen LogP contribution in [0.1, 0.15) is 43.9 Å². The molecule has 44 heavy (non-hydrogen) atoms. The molecule has 2 aromatic rings. The van der Waals surface area contributed by atoms with Gasteiger partial charge in [0, 0.05) is 25.0 Å². The topological polar surface area (TPSA) is 105 Å². The number of hydrogen-bond acceptors (Lipinski definition) is 8. The largest absolute Gasteiger partial charge is 0.447 e. The summed E-state index contributed by atoms with van der Waals surface area (Å²) in [6.07, 6.45) is 0.732. The maximum atomic E-state index is 13.0. The van der Waals surface area contributed by atoms with Crippen LogP contribution in [-0.2, 0) is 46.2 Å². The molecule has 2 rings (SSSR count). The Labute approximate surface area is 263 Å². The molecule has 0 atom stereocenters. The van der Waals surface area contributed by atoms with Gasteiger partial charge in [-0.25, -0.2) is 4.79 Å². The molecule has 0 aliphatic carbocycles. The second-order valence-corrected chi connectivity index (χ2v) is 11.4. The van der Waals surface area contributed by atoms with E-state index in [-0.39, 0.29) is 18.1 Å². The van der Waals surface area contributed by atoms with Gasteiger partial charge in [-0.15, -0.1) is 0 Å². The number of alkyl carbamates (subject to hydrolysis) is 1. The van der Waals surface area contributed by atoms with Gasteiger partial charge < -0.3 is 38.6 Å². The first-order valence-corrected chi connectivity index (χ1v) is 15.4. The molecule has 2 aromatic carbocycles. The number of amides is 2. The maximum absolute atomic E-state index is 13.0. The van der Waals surface area contributed by atoms with Crippen LogP contribution in [-0.4, -0.2) is 102 Å². The number of nitrogens with one attached hydrogen (secondary N) is 1. The van der Waals surface area contributed by atoms with E-state index in [4.69, 9.17) is 28.4 Å². The smallest absolute Gasteiger partial charge is 0.407 e. The molecule has 0 spiro atoms. The molecule has 0 bridgehead atoms. The summed E-state index contributed by atoms with van der Waals surface area (Å²) < 4.78 is 32.7. The number of ether oxygens (including phenoxy) is 6. The molecule has 246 valence electrons. The lowest BCUT2D eigenvalue weighted by Crippen LogP contribution is -2.41.